The lowest BCUT2D eigenvalue weighted by Gasteiger charge is -2.16. The Morgan fingerprint density at radius 2 is 1.95 bits per heavy atom. The third-order valence-electron chi connectivity index (χ3n) is 3.50. The van der Waals surface area contributed by atoms with Gasteiger partial charge in [-0.25, -0.2) is 18.2 Å². The average molecular weight is 281 g/mol. The van der Waals surface area contributed by atoms with Gasteiger partial charge in [0.15, 0.2) is 17.5 Å². The van der Waals surface area contributed by atoms with Crippen LogP contribution in [0.15, 0.2) is 12.1 Å². The molecular formula is C14H14F3N3. The third-order valence-corrected chi connectivity index (χ3v) is 3.50. The normalized spacial score (nSPS) is 14.4. The summed E-state index contributed by atoms with van der Waals surface area (Å²) < 4.78 is 41.7. The Bertz CT molecular complexity index is 641. The maximum atomic E-state index is 13.4. The van der Waals surface area contributed by atoms with Gasteiger partial charge in [-0.3, -0.25) is 0 Å². The second kappa shape index (κ2) is 4.94. The van der Waals surface area contributed by atoms with Gasteiger partial charge in [0.25, 0.3) is 0 Å². The summed E-state index contributed by atoms with van der Waals surface area (Å²) in [6.07, 6.45) is 1.36. The summed E-state index contributed by atoms with van der Waals surface area (Å²) in [5.74, 6) is -3.08. The molecule has 0 aliphatic carbocycles. The van der Waals surface area contributed by atoms with Crippen molar-refractivity contribution >= 4 is 0 Å². The number of benzene rings is 1. The molecule has 3 nitrogen and oxygen atoms in total. The van der Waals surface area contributed by atoms with E-state index in [1.807, 2.05) is 6.92 Å². The second-order valence-electron chi connectivity index (χ2n) is 4.76. The van der Waals surface area contributed by atoms with Gasteiger partial charge in [-0.05, 0) is 0 Å². The van der Waals surface area contributed by atoms with Crippen LogP contribution < -0.4 is 5.32 Å². The van der Waals surface area contributed by atoms with E-state index in [0.717, 1.165) is 42.3 Å². The van der Waals surface area contributed by atoms with Crippen LogP contribution in [0.3, 0.4) is 0 Å². The van der Waals surface area contributed by atoms with Crippen LogP contribution in [-0.4, -0.2) is 16.1 Å². The van der Waals surface area contributed by atoms with E-state index in [1.165, 1.54) is 0 Å². The van der Waals surface area contributed by atoms with Crippen LogP contribution >= 0.6 is 0 Å². The number of aryl methyl sites for hydroxylation is 1. The first-order valence-electron chi connectivity index (χ1n) is 6.56. The molecule has 0 saturated heterocycles. The van der Waals surface area contributed by atoms with Crippen molar-refractivity contribution < 1.29 is 13.2 Å². The molecule has 1 aromatic heterocycles. The minimum atomic E-state index is -1.44. The van der Waals surface area contributed by atoms with Crippen LogP contribution in [0.1, 0.15) is 24.1 Å². The molecule has 1 N–H and O–H groups in total. The van der Waals surface area contributed by atoms with E-state index in [2.05, 4.69) is 10.3 Å². The molecule has 1 aliphatic heterocycles. The molecule has 0 saturated carbocycles. The molecule has 0 atom stereocenters. The van der Waals surface area contributed by atoms with Crippen LogP contribution in [0.25, 0.3) is 5.69 Å². The molecular weight excluding hydrogens is 267 g/mol. The Morgan fingerprint density at radius 3 is 2.60 bits per heavy atom. The zero-order valence-electron chi connectivity index (χ0n) is 11.0. The zero-order chi connectivity index (χ0) is 14.3. The van der Waals surface area contributed by atoms with E-state index in [1.54, 1.807) is 4.57 Å². The Kier molecular flexibility index (Phi) is 3.25. The van der Waals surface area contributed by atoms with Gasteiger partial charge in [0, 0.05) is 43.8 Å². The fourth-order valence-electron chi connectivity index (χ4n) is 2.58. The highest BCUT2D eigenvalue weighted by Crippen LogP contribution is 2.24. The Morgan fingerprint density at radius 1 is 1.25 bits per heavy atom. The molecule has 3 rings (SSSR count). The number of aromatic nitrogens is 2. The Balaban J connectivity index is 2.21. The van der Waals surface area contributed by atoms with Crippen molar-refractivity contribution in [3.63, 3.8) is 0 Å². The van der Waals surface area contributed by atoms with Gasteiger partial charge in [0.05, 0.1) is 11.4 Å². The quantitative estimate of drug-likeness (QED) is 0.857. The van der Waals surface area contributed by atoms with Crippen molar-refractivity contribution in [3.05, 3.63) is 46.8 Å². The van der Waals surface area contributed by atoms with Crippen LogP contribution in [-0.2, 0) is 19.4 Å². The summed E-state index contributed by atoms with van der Waals surface area (Å²) in [6.45, 7) is 3.35. The lowest BCUT2D eigenvalue weighted by atomic mass is 10.1. The van der Waals surface area contributed by atoms with Gasteiger partial charge in [-0.15, -0.1) is 0 Å². The van der Waals surface area contributed by atoms with Crippen LogP contribution in [0.2, 0.25) is 0 Å². The molecule has 2 aromatic rings. The van der Waals surface area contributed by atoms with Crippen molar-refractivity contribution in [2.75, 3.05) is 6.54 Å². The van der Waals surface area contributed by atoms with Gasteiger partial charge in [0.2, 0.25) is 0 Å². The smallest absolute Gasteiger partial charge is 0.194 e. The van der Waals surface area contributed by atoms with Gasteiger partial charge in [0.1, 0.15) is 5.82 Å². The number of fused-ring (bicyclic) bond motifs is 1. The predicted octanol–water partition coefficient (Wildman–Crippen LogP) is 2.50. The van der Waals surface area contributed by atoms with E-state index in [0.29, 0.717) is 13.0 Å². The molecule has 0 spiro atoms. The molecule has 1 aromatic carbocycles. The average Bonchev–Trinajstić information content (AvgIpc) is 2.82. The summed E-state index contributed by atoms with van der Waals surface area (Å²) in [5.41, 5.74) is 2.11. The number of nitrogens with zero attached hydrogens (tertiary/aromatic N) is 2. The highest BCUT2D eigenvalue weighted by molar-refractivity contribution is 5.40. The highest BCUT2D eigenvalue weighted by atomic mass is 19.2. The van der Waals surface area contributed by atoms with Gasteiger partial charge >= 0.3 is 0 Å². The van der Waals surface area contributed by atoms with E-state index in [4.69, 9.17) is 0 Å². The van der Waals surface area contributed by atoms with E-state index in [9.17, 15) is 13.2 Å². The lowest BCUT2D eigenvalue weighted by Crippen LogP contribution is -2.24. The molecule has 6 heteroatoms. The van der Waals surface area contributed by atoms with Crippen molar-refractivity contribution in [3.8, 4) is 5.69 Å². The number of imidazole rings is 1. The molecule has 0 unspecified atom stereocenters. The molecule has 1 aliphatic rings. The fourth-order valence-corrected chi connectivity index (χ4v) is 2.58. The largest absolute Gasteiger partial charge is 0.311 e. The van der Waals surface area contributed by atoms with Crippen LogP contribution in [0, 0.1) is 17.5 Å². The second-order valence-corrected chi connectivity index (χ2v) is 4.76. The summed E-state index contributed by atoms with van der Waals surface area (Å²) in [5, 5.41) is 3.20. The third kappa shape index (κ3) is 2.00. The van der Waals surface area contributed by atoms with Crippen molar-refractivity contribution in [2.45, 2.75) is 26.3 Å². The molecule has 0 amide bonds. The number of rotatable bonds is 2. The van der Waals surface area contributed by atoms with E-state index in [-0.39, 0.29) is 5.69 Å². The van der Waals surface area contributed by atoms with Gasteiger partial charge < -0.3 is 9.88 Å². The first-order chi connectivity index (χ1) is 9.61. The molecule has 20 heavy (non-hydrogen) atoms. The zero-order valence-corrected chi connectivity index (χ0v) is 11.0. The summed E-state index contributed by atoms with van der Waals surface area (Å²) >= 11 is 0. The summed E-state index contributed by atoms with van der Waals surface area (Å²) in [6, 6.07) is 2.03. The molecule has 106 valence electrons. The van der Waals surface area contributed by atoms with Crippen molar-refractivity contribution in [1.82, 2.24) is 14.9 Å². The fraction of sp³-hybridized carbons (Fsp3) is 0.357. The maximum absolute atomic E-state index is 13.4. The number of halogens is 3. The van der Waals surface area contributed by atoms with E-state index >= 15 is 0 Å². The van der Waals surface area contributed by atoms with Crippen LogP contribution in [0.5, 0.6) is 0 Å². The number of nitrogens with one attached hydrogen (secondary N) is 1. The maximum Gasteiger partial charge on any atom is 0.194 e. The standard InChI is InChI=1S/C14H14F3N3/c1-2-13-19-11-7-18-4-3-12(11)20(13)8-5-9(15)14(17)10(16)6-8/h5-6,18H,2-4,7H2,1H3. The van der Waals surface area contributed by atoms with Gasteiger partial charge in [-0.2, -0.15) is 0 Å². The molecule has 0 radical (unpaired) electrons. The van der Waals surface area contributed by atoms with Crippen molar-refractivity contribution in [2.24, 2.45) is 0 Å². The van der Waals surface area contributed by atoms with E-state index < -0.39 is 17.5 Å². The SMILES string of the molecule is CCc1nc2c(n1-c1cc(F)c(F)c(F)c1)CCNC2. The van der Waals surface area contributed by atoms with Gasteiger partial charge in [-0.1, -0.05) is 6.92 Å². The Hall–Kier alpha value is -1.82. The topological polar surface area (TPSA) is 29.9 Å². The summed E-state index contributed by atoms with van der Waals surface area (Å²) in [7, 11) is 0. The molecule has 0 bridgehead atoms. The molecule has 2 heterocycles. The highest BCUT2D eigenvalue weighted by Gasteiger charge is 2.21. The first kappa shape index (κ1) is 13.2. The minimum absolute atomic E-state index is 0.286. The minimum Gasteiger partial charge on any atom is -0.311 e. The first-order valence-corrected chi connectivity index (χ1v) is 6.56. The van der Waals surface area contributed by atoms with Crippen molar-refractivity contribution in [1.29, 1.82) is 0 Å². The lowest BCUT2D eigenvalue weighted by molar-refractivity contribution is 0.446. The van der Waals surface area contributed by atoms with Crippen LogP contribution in [0.4, 0.5) is 13.2 Å². The number of hydrogen-bond acceptors (Lipinski definition) is 2. The molecule has 0 fully saturated rings. The Labute approximate surface area is 114 Å². The monoisotopic (exact) mass is 281 g/mol. The number of hydrogen-bond donors (Lipinski definition) is 1. The predicted molar refractivity (Wildman–Crippen MR) is 68.2 cm³/mol. The summed E-state index contributed by atoms with van der Waals surface area (Å²) in [4.78, 5) is 4.49.